The van der Waals surface area contributed by atoms with Gasteiger partial charge in [0.1, 0.15) is 0 Å². The molecule has 0 aromatic carbocycles. The highest BCUT2D eigenvalue weighted by atomic mass is 19.1. The summed E-state index contributed by atoms with van der Waals surface area (Å²) in [6, 6.07) is 0. The fraction of sp³-hybridized carbons (Fsp3) is 1.00. The highest BCUT2D eigenvalue weighted by molar-refractivity contribution is 4.42. The van der Waals surface area contributed by atoms with Gasteiger partial charge in [-0.2, -0.15) is 0 Å². The normalized spacial score (nSPS) is 21.8. The monoisotopic (exact) mass is 92.1 g/mol. The van der Waals surface area contributed by atoms with Gasteiger partial charge in [0.2, 0.25) is 0 Å². The largest absolute Gasteiger partial charge is 0.251 e. The maximum atomic E-state index is 11.6. The minimum Gasteiger partial charge on any atom is -0.251 e. The van der Waals surface area contributed by atoms with Crippen molar-refractivity contribution in [3.05, 3.63) is 0 Å². The number of hydrogen-bond acceptors (Lipinski definition) is 0. The van der Waals surface area contributed by atoms with Crippen molar-refractivity contribution in [3.8, 4) is 0 Å². The zero-order valence-electron chi connectivity index (χ0n) is 6.16. The van der Waals surface area contributed by atoms with E-state index in [2.05, 4.69) is 0 Å². The average molecular weight is 92.2 g/mol. The maximum absolute atomic E-state index is 11.6. The third-order valence-corrected chi connectivity index (χ3v) is 0.724. The summed E-state index contributed by atoms with van der Waals surface area (Å²) in [7, 11) is 0. The molecular weight excluding hydrogens is 79.1 g/mol. The van der Waals surface area contributed by atoms with Gasteiger partial charge in [-0.3, -0.25) is 4.39 Å². The second-order valence-corrected chi connectivity index (χ2v) is 1.34. The van der Waals surface area contributed by atoms with E-state index in [4.69, 9.17) is 2.74 Å². The van der Waals surface area contributed by atoms with Crippen LogP contribution in [0.5, 0.6) is 0 Å². The predicted molar refractivity (Wildman–Crippen MR) is 25.4 cm³/mol. The Morgan fingerprint density at radius 2 is 2.50 bits per heavy atom. The molecule has 0 rings (SSSR count). The van der Waals surface area contributed by atoms with Gasteiger partial charge >= 0.3 is 0 Å². The molecule has 0 N–H and O–H groups in total. The summed E-state index contributed by atoms with van der Waals surface area (Å²) in [5, 5.41) is 0. The number of alkyl halides is 1. The van der Waals surface area contributed by atoms with E-state index >= 15 is 0 Å². The highest BCUT2D eigenvalue weighted by Gasteiger charge is 1.92. The minimum absolute atomic E-state index is 0.484. The maximum Gasteiger partial charge on any atom is 0.0919 e. The van der Waals surface area contributed by atoms with Gasteiger partial charge in [-0.05, 0) is 5.92 Å². The van der Waals surface area contributed by atoms with Crippen molar-refractivity contribution in [3.63, 3.8) is 0 Å². The van der Waals surface area contributed by atoms with Crippen LogP contribution in [0.4, 0.5) is 4.39 Å². The van der Waals surface area contributed by atoms with Crippen molar-refractivity contribution in [2.45, 2.75) is 20.2 Å². The second-order valence-electron chi connectivity index (χ2n) is 1.34. The molecule has 0 spiro atoms. The molecule has 0 aliphatic rings. The standard InChI is InChI=1S/C5H11F/c1-3-5(2)4-6/h5H,3-4H2,1-2H3/i3D2. The van der Waals surface area contributed by atoms with Gasteiger partial charge in [0.15, 0.2) is 0 Å². The third-order valence-electron chi connectivity index (χ3n) is 0.724. The molecule has 0 amide bonds. The van der Waals surface area contributed by atoms with Crippen molar-refractivity contribution in [2.24, 2.45) is 5.92 Å². The molecular formula is C5H11F. The van der Waals surface area contributed by atoms with E-state index in [1.165, 1.54) is 6.92 Å². The zero-order valence-corrected chi connectivity index (χ0v) is 4.16. The Morgan fingerprint density at radius 1 is 2.00 bits per heavy atom. The molecule has 0 aromatic rings. The van der Waals surface area contributed by atoms with Gasteiger partial charge in [-0.25, -0.2) is 0 Å². The molecule has 1 unspecified atom stereocenters. The quantitative estimate of drug-likeness (QED) is 0.488. The SMILES string of the molecule is [2H]C([2H])(C)C(C)CF. The van der Waals surface area contributed by atoms with Crippen LogP contribution in [-0.4, -0.2) is 6.67 Å². The fourth-order valence-corrected chi connectivity index (χ4v) is 0.0772. The lowest BCUT2D eigenvalue weighted by atomic mass is 10.1. The van der Waals surface area contributed by atoms with Crippen molar-refractivity contribution < 1.29 is 7.13 Å². The molecule has 0 saturated heterocycles. The minimum atomic E-state index is -1.37. The van der Waals surface area contributed by atoms with Crippen LogP contribution >= 0.6 is 0 Å². The molecule has 0 aliphatic carbocycles. The lowest BCUT2D eigenvalue weighted by molar-refractivity contribution is 0.375. The van der Waals surface area contributed by atoms with E-state index in [1.807, 2.05) is 0 Å². The van der Waals surface area contributed by atoms with Gasteiger partial charge < -0.3 is 0 Å². The second kappa shape index (κ2) is 3.13. The van der Waals surface area contributed by atoms with Crippen LogP contribution in [-0.2, 0) is 0 Å². The summed E-state index contributed by atoms with van der Waals surface area (Å²) in [6.45, 7) is 2.36. The topological polar surface area (TPSA) is 0 Å². The molecule has 1 heteroatoms. The van der Waals surface area contributed by atoms with E-state index in [9.17, 15) is 4.39 Å². The van der Waals surface area contributed by atoms with Gasteiger partial charge in [0.25, 0.3) is 0 Å². The fourth-order valence-electron chi connectivity index (χ4n) is 0.0772. The molecule has 0 bridgehead atoms. The molecule has 0 radical (unpaired) electrons. The van der Waals surface area contributed by atoms with E-state index in [-0.39, 0.29) is 0 Å². The van der Waals surface area contributed by atoms with Crippen LogP contribution < -0.4 is 0 Å². The summed E-state index contributed by atoms with van der Waals surface area (Å²) >= 11 is 0. The number of halogens is 1. The molecule has 0 saturated carbocycles. The Balaban J connectivity index is 3.62. The van der Waals surface area contributed by atoms with Crippen molar-refractivity contribution in [1.82, 2.24) is 0 Å². The summed E-state index contributed by atoms with van der Waals surface area (Å²) in [5.41, 5.74) is 0. The molecule has 0 aromatic heterocycles. The zero-order chi connectivity index (χ0) is 6.78. The third kappa shape index (κ3) is 2.18. The molecule has 6 heavy (non-hydrogen) atoms. The molecule has 38 valence electrons. The molecule has 1 atom stereocenters. The van der Waals surface area contributed by atoms with Crippen molar-refractivity contribution in [1.29, 1.82) is 0 Å². The van der Waals surface area contributed by atoms with E-state index in [0.29, 0.717) is 0 Å². The summed E-state index contributed by atoms with van der Waals surface area (Å²) in [6.07, 6.45) is -1.37. The van der Waals surface area contributed by atoms with Crippen LogP contribution in [0.2, 0.25) is 0 Å². The number of rotatable bonds is 2. The van der Waals surface area contributed by atoms with Gasteiger partial charge in [-0.15, -0.1) is 0 Å². The Kier molecular flexibility index (Phi) is 1.57. The van der Waals surface area contributed by atoms with Crippen LogP contribution in [0, 0.1) is 5.92 Å². The van der Waals surface area contributed by atoms with E-state index in [1.54, 1.807) is 6.92 Å². The van der Waals surface area contributed by atoms with Crippen LogP contribution in [0.1, 0.15) is 23.0 Å². The number of hydrogen-bond donors (Lipinski definition) is 0. The van der Waals surface area contributed by atoms with Gasteiger partial charge in [-0.1, -0.05) is 20.2 Å². The van der Waals surface area contributed by atoms with Crippen LogP contribution in [0.3, 0.4) is 0 Å². The average Bonchev–Trinajstić information content (AvgIpc) is 1.62. The van der Waals surface area contributed by atoms with E-state index < -0.39 is 19.0 Å². The molecule has 0 fully saturated rings. The van der Waals surface area contributed by atoms with Gasteiger partial charge in [0, 0.05) is 2.74 Å². The smallest absolute Gasteiger partial charge is 0.0919 e. The lowest BCUT2D eigenvalue weighted by Gasteiger charge is -1.95. The summed E-state index contributed by atoms with van der Waals surface area (Å²) < 4.78 is 25.6. The van der Waals surface area contributed by atoms with Crippen LogP contribution in [0.25, 0.3) is 0 Å². The van der Waals surface area contributed by atoms with Crippen molar-refractivity contribution >= 4 is 0 Å². The molecule has 0 aliphatic heterocycles. The lowest BCUT2D eigenvalue weighted by Crippen LogP contribution is -1.91. The predicted octanol–water partition coefficient (Wildman–Crippen LogP) is 2.00. The Morgan fingerprint density at radius 3 is 2.50 bits per heavy atom. The first kappa shape index (κ1) is 3.00. The van der Waals surface area contributed by atoms with E-state index in [0.717, 1.165) is 0 Å². The first-order valence-corrected chi connectivity index (χ1v) is 2.04. The Hall–Kier alpha value is -0.0700. The summed E-state index contributed by atoms with van der Waals surface area (Å²) in [5.74, 6) is -0.484. The first-order valence-electron chi connectivity index (χ1n) is 3.04. The summed E-state index contributed by atoms with van der Waals surface area (Å²) in [4.78, 5) is 0. The highest BCUT2D eigenvalue weighted by Crippen LogP contribution is 1.98. The molecule has 0 nitrogen and oxygen atoms in total. The molecule has 0 heterocycles. The Labute approximate surface area is 41.2 Å². The van der Waals surface area contributed by atoms with Gasteiger partial charge in [0.05, 0.1) is 6.67 Å². The Bertz CT molecular complexity index is 67.3. The van der Waals surface area contributed by atoms with Crippen LogP contribution in [0.15, 0.2) is 0 Å². The first-order chi connectivity index (χ1) is 3.48. The van der Waals surface area contributed by atoms with Crippen molar-refractivity contribution in [2.75, 3.05) is 6.67 Å².